The van der Waals surface area contributed by atoms with E-state index in [1.165, 1.54) is 6.92 Å². The molecule has 0 saturated heterocycles. The number of anilines is 1. The Hall–Kier alpha value is -1.92. The Balaban J connectivity index is 2.65. The number of hydrogen-bond donors (Lipinski definition) is 2. The third-order valence-electron chi connectivity index (χ3n) is 2.73. The highest BCUT2D eigenvalue weighted by Gasteiger charge is 2.09. The van der Waals surface area contributed by atoms with Gasteiger partial charge in [0.15, 0.2) is 0 Å². The van der Waals surface area contributed by atoms with Gasteiger partial charge in [0.25, 0.3) is 0 Å². The minimum atomic E-state index is -0.239. The minimum absolute atomic E-state index is 0.0302. The molecule has 2 amide bonds. The number of ether oxygens (including phenoxy) is 1. The average molecular weight is 279 g/mol. The number of carbonyl (C=O) groups excluding carboxylic acids is 2. The summed E-state index contributed by atoms with van der Waals surface area (Å²) in [4.78, 5) is 24.5. The van der Waals surface area contributed by atoms with Crippen molar-refractivity contribution in [3.8, 4) is 0 Å². The summed E-state index contributed by atoms with van der Waals surface area (Å²) >= 11 is 0. The fourth-order valence-electron chi connectivity index (χ4n) is 1.58. The maximum absolute atomic E-state index is 11.7. The molecule has 1 rings (SSSR count). The summed E-state index contributed by atoms with van der Waals surface area (Å²) < 4.78 is 5.07. The van der Waals surface area contributed by atoms with Gasteiger partial charge in [-0.2, -0.15) is 0 Å². The normalized spacial score (nSPS) is 10.2. The number of rotatable bonds is 7. The average Bonchev–Trinajstić information content (AvgIpc) is 2.41. The topological polar surface area (TPSA) is 84.7 Å². The first-order valence-corrected chi connectivity index (χ1v) is 6.42. The van der Waals surface area contributed by atoms with Crippen LogP contribution in [-0.2, 0) is 20.9 Å². The molecule has 0 aliphatic rings. The Labute approximate surface area is 118 Å². The second kappa shape index (κ2) is 8.29. The summed E-state index contributed by atoms with van der Waals surface area (Å²) in [7, 11) is 1.71. The van der Waals surface area contributed by atoms with Crippen molar-refractivity contribution in [2.24, 2.45) is 5.73 Å². The molecule has 0 aliphatic carbocycles. The van der Waals surface area contributed by atoms with E-state index in [1.54, 1.807) is 18.0 Å². The van der Waals surface area contributed by atoms with E-state index in [2.05, 4.69) is 5.32 Å². The molecule has 1 aromatic rings. The van der Waals surface area contributed by atoms with Crippen LogP contribution < -0.4 is 11.1 Å². The van der Waals surface area contributed by atoms with E-state index in [9.17, 15) is 9.59 Å². The summed E-state index contributed by atoms with van der Waals surface area (Å²) in [6.45, 7) is 2.64. The van der Waals surface area contributed by atoms with Gasteiger partial charge >= 0.3 is 0 Å². The molecule has 0 aliphatic heterocycles. The van der Waals surface area contributed by atoms with Crippen LogP contribution in [0.1, 0.15) is 12.5 Å². The molecule has 3 N–H and O–H groups in total. The van der Waals surface area contributed by atoms with Crippen LogP contribution in [0.4, 0.5) is 5.69 Å². The quantitative estimate of drug-likeness (QED) is 0.715. The van der Waals surface area contributed by atoms with Crippen molar-refractivity contribution in [2.75, 3.05) is 32.1 Å². The molecule has 6 heteroatoms. The van der Waals surface area contributed by atoms with Crippen LogP contribution in [0, 0.1) is 0 Å². The number of para-hydroxylation sites is 1. The minimum Gasteiger partial charge on any atom is -0.370 e. The van der Waals surface area contributed by atoms with E-state index >= 15 is 0 Å². The zero-order valence-electron chi connectivity index (χ0n) is 11.9. The van der Waals surface area contributed by atoms with Gasteiger partial charge in [-0.15, -0.1) is 0 Å². The molecule has 0 aromatic heterocycles. The monoisotopic (exact) mass is 279 g/mol. The van der Waals surface area contributed by atoms with Gasteiger partial charge in [-0.1, -0.05) is 18.2 Å². The van der Waals surface area contributed by atoms with Crippen LogP contribution in [0.15, 0.2) is 24.3 Å². The van der Waals surface area contributed by atoms with Crippen molar-refractivity contribution in [1.29, 1.82) is 0 Å². The summed E-state index contributed by atoms with van der Waals surface area (Å²) in [5.41, 5.74) is 6.84. The molecular weight excluding hydrogens is 258 g/mol. The maximum atomic E-state index is 11.7. The predicted octanol–water partition coefficient (Wildman–Crippen LogP) is 0.579. The number of nitrogens with zero attached hydrogens (tertiary/aromatic N) is 1. The van der Waals surface area contributed by atoms with Crippen LogP contribution >= 0.6 is 0 Å². The fraction of sp³-hybridized carbons (Fsp3) is 0.429. The van der Waals surface area contributed by atoms with Gasteiger partial charge in [0, 0.05) is 32.7 Å². The highest BCUT2D eigenvalue weighted by atomic mass is 16.5. The number of benzene rings is 1. The third kappa shape index (κ3) is 5.38. The number of carbonyl (C=O) groups is 2. The van der Waals surface area contributed by atoms with E-state index in [0.29, 0.717) is 25.4 Å². The highest BCUT2D eigenvalue weighted by molar-refractivity contribution is 5.92. The molecule has 0 heterocycles. The Morgan fingerprint density at radius 3 is 2.70 bits per heavy atom. The summed E-state index contributed by atoms with van der Waals surface area (Å²) in [5.74, 6) is -0.270. The van der Waals surface area contributed by atoms with Crippen LogP contribution in [0.25, 0.3) is 0 Å². The van der Waals surface area contributed by atoms with Gasteiger partial charge in [-0.25, -0.2) is 0 Å². The second-order valence-electron chi connectivity index (χ2n) is 4.42. The third-order valence-corrected chi connectivity index (χ3v) is 2.73. The largest absolute Gasteiger partial charge is 0.370 e. The number of nitrogens with one attached hydrogen (secondary N) is 1. The molecule has 0 saturated carbocycles. The van der Waals surface area contributed by atoms with Gasteiger partial charge in [-0.05, 0) is 11.6 Å². The molecule has 6 nitrogen and oxygen atoms in total. The molecule has 20 heavy (non-hydrogen) atoms. The van der Waals surface area contributed by atoms with Crippen LogP contribution in [-0.4, -0.2) is 43.5 Å². The zero-order valence-corrected chi connectivity index (χ0v) is 11.9. The highest BCUT2D eigenvalue weighted by Crippen LogP contribution is 2.16. The van der Waals surface area contributed by atoms with Gasteiger partial charge in [0.05, 0.1) is 6.61 Å². The van der Waals surface area contributed by atoms with Crippen molar-refractivity contribution in [3.63, 3.8) is 0 Å². The first-order valence-electron chi connectivity index (χ1n) is 6.42. The maximum Gasteiger partial charge on any atom is 0.250 e. The van der Waals surface area contributed by atoms with E-state index in [-0.39, 0.29) is 18.4 Å². The summed E-state index contributed by atoms with van der Waals surface area (Å²) in [5, 5.41) is 2.77. The summed E-state index contributed by atoms with van der Waals surface area (Å²) in [6, 6.07) is 7.36. The number of amides is 2. The molecule has 0 unspecified atom stereocenters. The van der Waals surface area contributed by atoms with Gasteiger partial charge in [-0.3, -0.25) is 9.59 Å². The summed E-state index contributed by atoms with van der Waals surface area (Å²) in [6.07, 6.45) is 0. The Kier molecular flexibility index (Phi) is 6.69. The lowest BCUT2D eigenvalue weighted by Crippen LogP contribution is -2.25. The van der Waals surface area contributed by atoms with Gasteiger partial charge in [0.1, 0.15) is 6.61 Å². The Morgan fingerprint density at radius 1 is 1.35 bits per heavy atom. The van der Waals surface area contributed by atoms with Crippen molar-refractivity contribution < 1.29 is 14.3 Å². The van der Waals surface area contributed by atoms with Crippen molar-refractivity contribution in [1.82, 2.24) is 4.90 Å². The van der Waals surface area contributed by atoms with E-state index in [1.807, 2.05) is 18.2 Å². The van der Waals surface area contributed by atoms with Crippen molar-refractivity contribution in [3.05, 3.63) is 29.8 Å². The number of hydrogen-bond acceptors (Lipinski definition) is 4. The fourth-order valence-corrected chi connectivity index (χ4v) is 1.58. The standard InChI is InChI=1S/C14H21N3O3/c1-11(18)17(2)9-12-5-3-4-6-13(12)16-14(19)10-20-8-7-15/h3-6H,7-10,15H2,1-2H3,(H,16,19). The van der Waals surface area contributed by atoms with Gasteiger partial charge < -0.3 is 20.7 Å². The lowest BCUT2D eigenvalue weighted by atomic mass is 10.1. The molecule has 0 radical (unpaired) electrons. The Morgan fingerprint density at radius 2 is 2.05 bits per heavy atom. The van der Waals surface area contributed by atoms with Gasteiger partial charge in [0.2, 0.25) is 11.8 Å². The Bertz CT molecular complexity index is 463. The van der Waals surface area contributed by atoms with E-state index < -0.39 is 0 Å². The number of nitrogens with two attached hydrogens (primary N) is 1. The lowest BCUT2D eigenvalue weighted by Gasteiger charge is -2.17. The lowest BCUT2D eigenvalue weighted by molar-refractivity contribution is -0.128. The predicted molar refractivity (Wildman–Crippen MR) is 77.1 cm³/mol. The molecule has 1 aromatic carbocycles. The molecule has 0 atom stereocenters. The molecule has 0 bridgehead atoms. The second-order valence-corrected chi connectivity index (χ2v) is 4.42. The van der Waals surface area contributed by atoms with Crippen molar-refractivity contribution in [2.45, 2.75) is 13.5 Å². The van der Waals surface area contributed by atoms with E-state index in [4.69, 9.17) is 10.5 Å². The molecule has 110 valence electrons. The first kappa shape index (κ1) is 16.1. The van der Waals surface area contributed by atoms with Crippen LogP contribution in [0.2, 0.25) is 0 Å². The molecule has 0 spiro atoms. The smallest absolute Gasteiger partial charge is 0.250 e. The van der Waals surface area contributed by atoms with Crippen LogP contribution in [0.3, 0.4) is 0 Å². The van der Waals surface area contributed by atoms with E-state index in [0.717, 1.165) is 5.56 Å². The molecular formula is C14H21N3O3. The van der Waals surface area contributed by atoms with Crippen molar-refractivity contribution >= 4 is 17.5 Å². The SMILES string of the molecule is CC(=O)N(C)Cc1ccccc1NC(=O)COCCN. The first-order chi connectivity index (χ1) is 9.54. The van der Waals surface area contributed by atoms with Crippen LogP contribution in [0.5, 0.6) is 0 Å². The zero-order chi connectivity index (χ0) is 15.0. The molecule has 0 fully saturated rings.